The average Bonchev–Trinajstić information content (AvgIpc) is 3.19. The van der Waals surface area contributed by atoms with Crippen molar-refractivity contribution in [3.05, 3.63) is 70.7 Å². The molecule has 10 heteroatoms. The first-order valence-electron chi connectivity index (χ1n) is 11.3. The molecule has 0 radical (unpaired) electrons. The molecule has 184 valence electrons. The van der Waals surface area contributed by atoms with Crippen LogP contribution in [-0.4, -0.2) is 66.9 Å². The van der Waals surface area contributed by atoms with Gasteiger partial charge in [-0.25, -0.2) is 4.98 Å². The van der Waals surface area contributed by atoms with E-state index in [1.807, 2.05) is 67.0 Å². The molecule has 10 nitrogen and oxygen atoms in total. The van der Waals surface area contributed by atoms with E-state index < -0.39 is 0 Å². The van der Waals surface area contributed by atoms with E-state index in [1.54, 1.807) is 19.4 Å². The maximum atomic E-state index is 11.9. The quantitative estimate of drug-likeness (QED) is 0.357. The molecule has 1 aliphatic heterocycles. The Morgan fingerprint density at radius 1 is 1.29 bits per heavy atom. The van der Waals surface area contributed by atoms with Gasteiger partial charge in [0, 0.05) is 62.7 Å². The van der Waals surface area contributed by atoms with Crippen LogP contribution in [0, 0.1) is 10.1 Å². The van der Waals surface area contributed by atoms with E-state index >= 15 is 0 Å². The van der Waals surface area contributed by atoms with Crippen molar-refractivity contribution in [2.75, 3.05) is 51.6 Å². The molecule has 0 saturated carbocycles. The molecule has 0 amide bonds. The molecule has 1 aliphatic rings. The van der Waals surface area contributed by atoms with E-state index in [4.69, 9.17) is 4.74 Å². The Morgan fingerprint density at radius 2 is 2.09 bits per heavy atom. The number of nitro benzene ring substituents is 1. The lowest BCUT2D eigenvalue weighted by Gasteiger charge is -2.25. The molecule has 4 rings (SSSR count). The second kappa shape index (κ2) is 10.1. The summed E-state index contributed by atoms with van der Waals surface area (Å²) in [6.07, 6.45) is 9.45. The van der Waals surface area contributed by atoms with Gasteiger partial charge in [-0.05, 0) is 50.2 Å². The Labute approximate surface area is 204 Å². The van der Waals surface area contributed by atoms with Gasteiger partial charge in [-0.1, -0.05) is 0 Å². The van der Waals surface area contributed by atoms with Gasteiger partial charge in [-0.3, -0.25) is 10.1 Å². The van der Waals surface area contributed by atoms with E-state index in [1.165, 1.54) is 6.07 Å². The smallest absolute Gasteiger partial charge is 0.294 e. The molecule has 0 saturated heterocycles. The standard InChI is InChI=1S/C25H31N7O3/c1-29(2)11-12-30(3)21-15-23(35-5)20(14-22(21)32(33)34)28-24-13-17(8-10-26-24)19-16-31(4)25-18(19)7-6-9-27-25/h6-10,13-16,24,26,28H,11-12H2,1-5H3. The van der Waals surface area contributed by atoms with Gasteiger partial charge >= 0.3 is 0 Å². The summed E-state index contributed by atoms with van der Waals surface area (Å²) in [6, 6.07) is 7.23. The van der Waals surface area contributed by atoms with Gasteiger partial charge < -0.3 is 29.7 Å². The molecule has 3 heterocycles. The summed E-state index contributed by atoms with van der Waals surface area (Å²) in [5, 5.41) is 19.6. The molecule has 1 atom stereocenters. The third-order valence-corrected chi connectivity index (χ3v) is 6.03. The summed E-state index contributed by atoms with van der Waals surface area (Å²) in [5.41, 5.74) is 4.06. The van der Waals surface area contributed by atoms with Gasteiger partial charge in [-0.2, -0.15) is 0 Å². The van der Waals surface area contributed by atoms with Crippen molar-refractivity contribution in [2.24, 2.45) is 7.05 Å². The number of likely N-dealkylation sites (N-methyl/N-ethyl adjacent to an activating group) is 2. The van der Waals surface area contributed by atoms with Crippen LogP contribution in [0.1, 0.15) is 5.56 Å². The number of methoxy groups -OCH3 is 1. The molecule has 1 aromatic carbocycles. The van der Waals surface area contributed by atoms with E-state index in [0.29, 0.717) is 23.7 Å². The number of benzene rings is 1. The number of ether oxygens (including phenoxy) is 1. The SMILES string of the molecule is COc1cc(N(C)CCN(C)C)c([N+](=O)[O-])cc1NC1C=C(c2cn(C)c3ncccc23)C=CN1. The van der Waals surface area contributed by atoms with E-state index in [0.717, 1.165) is 28.7 Å². The molecule has 0 aliphatic carbocycles. The van der Waals surface area contributed by atoms with Crippen molar-refractivity contribution in [3.63, 3.8) is 0 Å². The van der Waals surface area contributed by atoms with Gasteiger partial charge in [0.25, 0.3) is 5.69 Å². The fourth-order valence-electron chi connectivity index (χ4n) is 4.16. The number of anilines is 2. The number of dihydropyridines is 1. The lowest BCUT2D eigenvalue weighted by molar-refractivity contribution is -0.384. The maximum absolute atomic E-state index is 11.9. The summed E-state index contributed by atoms with van der Waals surface area (Å²) in [5.74, 6) is 0.531. The summed E-state index contributed by atoms with van der Waals surface area (Å²) in [4.78, 5) is 19.9. The van der Waals surface area contributed by atoms with Crippen LogP contribution in [0.4, 0.5) is 17.1 Å². The molecular weight excluding hydrogens is 446 g/mol. The maximum Gasteiger partial charge on any atom is 0.294 e. The predicted octanol–water partition coefficient (Wildman–Crippen LogP) is 3.43. The number of rotatable bonds is 9. The number of nitrogens with one attached hydrogen (secondary N) is 2. The van der Waals surface area contributed by atoms with Crippen LogP contribution in [0.25, 0.3) is 16.6 Å². The monoisotopic (exact) mass is 477 g/mol. The molecular formula is C25H31N7O3. The van der Waals surface area contributed by atoms with Crippen LogP contribution < -0.4 is 20.3 Å². The fraction of sp³-hybridized carbons (Fsp3) is 0.320. The lowest BCUT2D eigenvalue weighted by Crippen LogP contribution is -2.33. The van der Waals surface area contributed by atoms with E-state index in [9.17, 15) is 10.1 Å². The lowest BCUT2D eigenvalue weighted by atomic mass is 10.0. The van der Waals surface area contributed by atoms with Crippen molar-refractivity contribution in [1.29, 1.82) is 0 Å². The Kier molecular flexibility index (Phi) is 6.92. The van der Waals surface area contributed by atoms with Crippen molar-refractivity contribution < 1.29 is 9.66 Å². The number of nitrogens with zero attached hydrogens (tertiary/aromatic N) is 5. The zero-order chi connectivity index (χ0) is 25.1. The second-order valence-corrected chi connectivity index (χ2v) is 8.80. The number of hydrogen-bond donors (Lipinski definition) is 2. The van der Waals surface area contributed by atoms with Crippen LogP contribution in [0.3, 0.4) is 0 Å². The topological polar surface area (TPSA) is 101 Å². The number of hydrogen-bond acceptors (Lipinski definition) is 8. The molecule has 0 spiro atoms. The zero-order valence-corrected chi connectivity index (χ0v) is 20.6. The number of fused-ring (bicyclic) bond motifs is 1. The van der Waals surface area contributed by atoms with Crippen molar-refractivity contribution >= 4 is 33.7 Å². The third kappa shape index (κ3) is 5.07. The van der Waals surface area contributed by atoms with Crippen molar-refractivity contribution in [3.8, 4) is 5.75 Å². The fourth-order valence-corrected chi connectivity index (χ4v) is 4.16. The van der Waals surface area contributed by atoms with Gasteiger partial charge in [0.05, 0.1) is 17.7 Å². The first kappa shape index (κ1) is 24.1. The number of aryl methyl sites for hydroxylation is 1. The Bertz CT molecular complexity index is 1300. The highest BCUT2D eigenvalue weighted by Gasteiger charge is 2.23. The first-order chi connectivity index (χ1) is 16.8. The minimum Gasteiger partial charge on any atom is -0.495 e. The third-order valence-electron chi connectivity index (χ3n) is 6.03. The molecule has 1 unspecified atom stereocenters. The Hall–Kier alpha value is -4.05. The number of allylic oxidation sites excluding steroid dienone is 2. The van der Waals surface area contributed by atoms with Crippen molar-refractivity contribution in [2.45, 2.75) is 6.17 Å². The molecule has 2 aromatic heterocycles. The number of nitro groups is 1. The highest BCUT2D eigenvalue weighted by molar-refractivity contribution is 5.94. The second-order valence-electron chi connectivity index (χ2n) is 8.80. The number of aromatic nitrogens is 2. The molecule has 0 bridgehead atoms. The summed E-state index contributed by atoms with van der Waals surface area (Å²) < 4.78 is 7.61. The molecule has 0 fully saturated rings. The summed E-state index contributed by atoms with van der Waals surface area (Å²) in [6.45, 7) is 1.41. The highest BCUT2D eigenvalue weighted by Crippen LogP contribution is 2.38. The van der Waals surface area contributed by atoms with Gasteiger partial charge in [0.15, 0.2) is 0 Å². The summed E-state index contributed by atoms with van der Waals surface area (Å²) >= 11 is 0. The van der Waals surface area contributed by atoms with Crippen LogP contribution in [0.5, 0.6) is 5.75 Å². The van der Waals surface area contributed by atoms with Gasteiger partial charge in [0.2, 0.25) is 0 Å². The van der Waals surface area contributed by atoms with Gasteiger partial charge in [-0.15, -0.1) is 0 Å². The van der Waals surface area contributed by atoms with Crippen LogP contribution in [0.2, 0.25) is 0 Å². The zero-order valence-electron chi connectivity index (χ0n) is 20.6. The Balaban J connectivity index is 1.65. The minimum absolute atomic E-state index is 0.0187. The Morgan fingerprint density at radius 3 is 2.80 bits per heavy atom. The van der Waals surface area contributed by atoms with Crippen LogP contribution in [0.15, 0.2) is 55.0 Å². The molecule has 35 heavy (non-hydrogen) atoms. The van der Waals surface area contributed by atoms with Gasteiger partial charge in [0.1, 0.15) is 23.2 Å². The molecule has 3 aromatic rings. The number of pyridine rings is 1. The normalized spacial score (nSPS) is 15.1. The minimum atomic E-state index is -0.356. The highest BCUT2D eigenvalue weighted by atomic mass is 16.6. The largest absolute Gasteiger partial charge is 0.495 e. The molecule has 2 N–H and O–H groups in total. The van der Waals surface area contributed by atoms with E-state index in [2.05, 4.69) is 27.9 Å². The van der Waals surface area contributed by atoms with Crippen molar-refractivity contribution in [1.82, 2.24) is 19.8 Å². The summed E-state index contributed by atoms with van der Waals surface area (Å²) in [7, 11) is 9.32. The van der Waals surface area contributed by atoms with Crippen LogP contribution >= 0.6 is 0 Å². The average molecular weight is 478 g/mol. The van der Waals surface area contributed by atoms with Crippen LogP contribution in [-0.2, 0) is 7.05 Å². The predicted molar refractivity (Wildman–Crippen MR) is 140 cm³/mol. The first-order valence-corrected chi connectivity index (χ1v) is 11.3. The van der Waals surface area contributed by atoms with E-state index in [-0.39, 0.29) is 16.8 Å².